The molecular weight excluding hydrogens is 184 g/mol. The van der Waals surface area contributed by atoms with E-state index in [0.29, 0.717) is 5.41 Å². The predicted molar refractivity (Wildman–Crippen MR) is 62.6 cm³/mol. The van der Waals surface area contributed by atoms with Gasteiger partial charge in [0.2, 0.25) is 0 Å². The summed E-state index contributed by atoms with van der Waals surface area (Å²) >= 11 is 0. The maximum atomic E-state index is 10.5. The molecule has 0 aromatic heterocycles. The van der Waals surface area contributed by atoms with E-state index in [1.165, 1.54) is 12.8 Å². The lowest BCUT2D eigenvalue weighted by Crippen LogP contribution is -2.49. The van der Waals surface area contributed by atoms with Gasteiger partial charge in [-0.15, -0.1) is 0 Å². The second-order valence-electron chi connectivity index (χ2n) is 4.96. The van der Waals surface area contributed by atoms with Crippen molar-refractivity contribution in [3.8, 4) is 0 Å². The lowest BCUT2D eigenvalue weighted by Gasteiger charge is -2.53. The summed E-state index contributed by atoms with van der Waals surface area (Å²) in [4.78, 5) is 0. The van der Waals surface area contributed by atoms with Crippen molar-refractivity contribution in [1.29, 1.82) is 0 Å². The van der Waals surface area contributed by atoms with Crippen LogP contribution in [0.4, 0.5) is 0 Å². The van der Waals surface area contributed by atoms with E-state index in [0.717, 1.165) is 18.4 Å². The minimum atomic E-state index is -0.548. The molecule has 1 aliphatic carbocycles. The van der Waals surface area contributed by atoms with Crippen LogP contribution in [0.1, 0.15) is 45.1 Å². The van der Waals surface area contributed by atoms with Crippen LogP contribution in [-0.4, -0.2) is 5.11 Å². The molecule has 1 fully saturated rings. The molecule has 0 heterocycles. The topological polar surface area (TPSA) is 20.2 Å². The minimum Gasteiger partial charge on any atom is -0.385 e. The van der Waals surface area contributed by atoms with Gasteiger partial charge < -0.3 is 5.11 Å². The van der Waals surface area contributed by atoms with Crippen molar-refractivity contribution in [2.24, 2.45) is 5.41 Å². The Bertz CT molecular complexity index is 316. The molecular formula is C14H20O. The highest BCUT2D eigenvalue weighted by molar-refractivity contribution is 5.26. The van der Waals surface area contributed by atoms with Gasteiger partial charge in [-0.1, -0.05) is 57.0 Å². The van der Waals surface area contributed by atoms with Gasteiger partial charge in [-0.3, -0.25) is 0 Å². The van der Waals surface area contributed by atoms with Crippen molar-refractivity contribution in [3.05, 3.63) is 35.9 Å². The molecule has 0 amide bonds. The number of hydrogen-bond acceptors (Lipinski definition) is 1. The van der Waals surface area contributed by atoms with Crippen LogP contribution in [0.25, 0.3) is 0 Å². The van der Waals surface area contributed by atoms with Crippen LogP contribution in [0.15, 0.2) is 30.3 Å². The van der Waals surface area contributed by atoms with Gasteiger partial charge in [0.15, 0.2) is 0 Å². The van der Waals surface area contributed by atoms with E-state index in [-0.39, 0.29) is 0 Å². The first-order valence-electron chi connectivity index (χ1n) is 5.92. The maximum absolute atomic E-state index is 10.5. The van der Waals surface area contributed by atoms with Gasteiger partial charge in [0, 0.05) is 0 Å². The van der Waals surface area contributed by atoms with Crippen LogP contribution in [-0.2, 0) is 5.60 Å². The summed E-state index contributed by atoms with van der Waals surface area (Å²) in [7, 11) is 0. The Labute approximate surface area is 92.1 Å². The Morgan fingerprint density at radius 1 is 1.07 bits per heavy atom. The first-order chi connectivity index (χ1) is 7.14. The molecule has 0 radical (unpaired) electrons. The van der Waals surface area contributed by atoms with E-state index in [1.54, 1.807) is 0 Å². The SMILES string of the molecule is CCC1(CC)CC(O)(c2ccccc2)C1. The van der Waals surface area contributed by atoms with E-state index in [4.69, 9.17) is 0 Å². The smallest absolute Gasteiger partial charge is 0.0907 e. The third kappa shape index (κ3) is 1.69. The van der Waals surface area contributed by atoms with Crippen molar-refractivity contribution in [2.75, 3.05) is 0 Å². The summed E-state index contributed by atoms with van der Waals surface area (Å²) in [6.45, 7) is 4.46. The number of aliphatic hydroxyl groups is 1. The molecule has 0 unspecified atom stereocenters. The molecule has 1 N–H and O–H groups in total. The third-order valence-corrected chi connectivity index (χ3v) is 4.15. The van der Waals surface area contributed by atoms with Crippen LogP contribution in [0.5, 0.6) is 0 Å². The monoisotopic (exact) mass is 204 g/mol. The van der Waals surface area contributed by atoms with Gasteiger partial charge in [-0.2, -0.15) is 0 Å². The van der Waals surface area contributed by atoms with Crippen LogP contribution >= 0.6 is 0 Å². The zero-order valence-electron chi connectivity index (χ0n) is 9.66. The van der Waals surface area contributed by atoms with E-state index in [2.05, 4.69) is 13.8 Å². The van der Waals surface area contributed by atoms with Crippen LogP contribution in [0, 0.1) is 5.41 Å². The Hall–Kier alpha value is -0.820. The fourth-order valence-corrected chi connectivity index (χ4v) is 2.89. The van der Waals surface area contributed by atoms with E-state index in [1.807, 2.05) is 30.3 Å². The highest BCUT2D eigenvalue weighted by Gasteiger charge is 2.52. The molecule has 15 heavy (non-hydrogen) atoms. The van der Waals surface area contributed by atoms with Gasteiger partial charge in [0.1, 0.15) is 0 Å². The Morgan fingerprint density at radius 2 is 1.60 bits per heavy atom. The number of hydrogen-bond donors (Lipinski definition) is 1. The van der Waals surface area contributed by atoms with Crippen molar-refractivity contribution >= 4 is 0 Å². The van der Waals surface area contributed by atoms with Gasteiger partial charge in [-0.05, 0) is 23.8 Å². The van der Waals surface area contributed by atoms with Crippen molar-refractivity contribution in [1.82, 2.24) is 0 Å². The van der Waals surface area contributed by atoms with E-state index < -0.39 is 5.60 Å². The maximum Gasteiger partial charge on any atom is 0.0907 e. The molecule has 0 saturated heterocycles. The second kappa shape index (κ2) is 3.64. The molecule has 0 atom stereocenters. The second-order valence-corrected chi connectivity index (χ2v) is 4.96. The average Bonchev–Trinajstić information content (AvgIpc) is 2.26. The van der Waals surface area contributed by atoms with Gasteiger partial charge in [0.05, 0.1) is 5.60 Å². The van der Waals surface area contributed by atoms with Crippen molar-refractivity contribution in [2.45, 2.75) is 45.1 Å². The summed E-state index contributed by atoms with van der Waals surface area (Å²) in [5.41, 5.74) is 0.931. The molecule has 1 aromatic rings. The fourth-order valence-electron chi connectivity index (χ4n) is 2.89. The number of benzene rings is 1. The molecule has 2 rings (SSSR count). The average molecular weight is 204 g/mol. The molecule has 1 nitrogen and oxygen atoms in total. The van der Waals surface area contributed by atoms with Crippen LogP contribution in [0.3, 0.4) is 0 Å². The molecule has 1 heteroatoms. The minimum absolute atomic E-state index is 0.393. The molecule has 82 valence electrons. The van der Waals surface area contributed by atoms with Gasteiger partial charge in [0.25, 0.3) is 0 Å². The Kier molecular flexibility index (Phi) is 2.59. The van der Waals surface area contributed by atoms with Crippen LogP contribution < -0.4 is 0 Å². The quantitative estimate of drug-likeness (QED) is 0.799. The van der Waals surface area contributed by atoms with Gasteiger partial charge >= 0.3 is 0 Å². The highest BCUT2D eigenvalue weighted by atomic mass is 16.3. The summed E-state index contributed by atoms with van der Waals surface area (Å²) in [5.74, 6) is 0. The highest BCUT2D eigenvalue weighted by Crippen LogP contribution is 2.57. The fraction of sp³-hybridized carbons (Fsp3) is 0.571. The van der Waals surface area contributed by atoms with E-state index in [9.17, 15) is 5.11 Å². The first kappa shape index (κ1) is 10.7. The Balaban J connectivity index is 2.14. The molecule has 0 aliphatic heterocycles. The molecule has 1 aromatic carbocycles. The number of rotatable bonds is 3. The zero-order chi connectivity index (χ0) is 10.9. The standard InChI is InChI=1S/C14H20O/c1-3-13(4-2)10-14(15,11-13)12-8-6-5-7-9-12/h5-9,15H,3-4,10-11H2,1-2H3. The molecule has 1 saturated carbocycles. The summed E-state index contributed by atoms with van der Waals surface area (Å²) in [6.07, 6.45) is 4.21. The zero-order valence-corrected chi connectivity index (χ0v) is 9.66. The van der Waals surface area contributed by atoms with Crippen molar-refractivity contribution in [3.63, 3.8) is 0 Å². The lowest BCUT2D eigenvalue weighted by atomic mass is 9.55. The molecule has 0 bridgehead atoms. The van der Waals surface area contributed by atoms with Crippen molar-refractivity contribution < 1.29 is 5.11 Å². The lowest BCUT2D eigenvalue weighted by molar-refractivity contribution is -0.138. The first-order valence-corrected chi connectivity index (χ1v) is 5.92. The summed E-state index contributed by atoms with van der Waals surface area (Å²) < 4.78 is 0. The third-order valence-electron chi connectivity index (χ3n) is 4.15. The van der Waals surface area contributed by atoms with Gasteiger partial charge in [-0.25, -0.2) is 0 Å². The normalized spacial score (nSPS) is 22.1. The molecule has 1 aliphatic rings. The predicted octanol–water partition coefficient (Wildman–Crippen LogP) is 3.47. The summed E-state index contributed by atoms with van der Waals surface area (Å²) in [6, 6.07) is 10.1. The largest absolute Gasteiger partial charge is 0.385 e. The Morgan fingerprint density at radius 3 is 2.07 bits per heavy atom. The molecule has 0 spiro atoms. The van der Waals surface area contributed by atoms with E-state index >= 15 is 0 Å². The van der Waals surface area contributed by atoms with Crippen LogP contribution in [0.2, 0.25) is 0 Å². The summed E-state index contributed by atoms with van der Waals surface area (Å²) in [5, 5.41) is 10.5.